The first-order valence-electron chi connectivity index (χ1n) is 8.66. The van der Waals surface area contributed by atoms with Gasteiger partial charge in [0.15, 0.2) is 0 Å². The number of alkyl halides is 6. The maximum absolute atomic E-state index is 12.6. The third kappa shape index (κ3) is 7.00. The van der Waals surface area contributed by atoms with Crippen LogP contribution in [0, 0.1) is 22.7 Å². The SMILES string of the molecule is CCOc1cc(C#N)c(N)cc1C(F)(F)F.CCOc1cc(C#N)ccc1C(F)(F)F. The fraction of sp³-hybridized carbons (Fsp3) is 0.300. The lowest BCUT2D eigenvalue weighted by molar-refractivity contribution is -0.139. The third-order valence-electron chi connectivity index (χ3n) is 3.59. The zero-order valence-corrected chi connectivity index (χ0v) is 16.4. The van der Waals surface area contributed by atoms with E-state index in [0.29, 0.717) is 6.07 Å². The van der Waals surface area contributed by atoms with Crippen LogP contribution < -0.4 is 15.2 Å². The molecular formula is C20H17F6N3O2. The third-order valence-corrected chi connectivity index (χ3v) is 3.59. The molecule has 0 atom stereocenters. The highest BCUT2D eigenvalue weighted by Crippen LogP contribution is 2.39. The lowest BCUT2D eigenvalue weighted by Crippen LogP contribution is -2.10. The molecule has 0 aromatic heterocycles. The standard InChI is InChI=1S/C10H9F3N2O.C10H8F3NO/c1-2-16-9-3-6(5-14)8(15)4-7(9)10(11,12)13;1-2-15-9-5-7(6-14)3-4-8(9)10(11,12)13/h3-4H,2,15H2,1H3;3-5H,2H2,1H3. The van der Waals surface area contributed by atoms with Crippen molar-refractivity contribution in [2.75, 3.05) is 18.9 Å². The van der Waals surface area contributed by atoms with Crippen molar-refractivity contribution in [1.29, 1.82) is 10.5 Å². The van der Waals surface area contributed by atoms with Gasteiger partial charge in [0.05, 0.1) is 47.2 Å². The van der Waals surface area contributed by atoms with E-state index in [1.165, 1.54) is 0 Å². The number of rotatable bonds is 4. The molecule has 0 saturated heterocycles. The molecule has 2 rings (SSSR count). The quantitative estimate of drug-likeness (QED) is 0.493. The summed E-state index contributed by atoms with van der Waals surface area (Å²) < 4.78 is 84.7. The van der Waals surface area contributed by atoms with Gasteiger partial charge in [-0.15, -0.1) is 0 Å². The van der Waals surface area contributed by atoms with Gasteiger partial charge in [0, 0.05) is 6.07 Å². The van der Waals surface area contributed by atoms with Crippen molar-refractivity contribution in [2.45, 2.75) is 26.2 Å². The Kier molecular flexibility index (Phi) is 8.56. The lowest BCUT2D eigenvalue weighted by Gasteiger charge is -2.14. The van der Waals surface area contributed by atoms with E-state index in [-0.39, 0.29) is 41.5 Å². The van der Waals surface area contributed by atoms with Gasteiger partial charge in [-0.2, -0.15) is 36.9 Å². The highest BCUT2D eigenvalue weighted by molar-refractivity contribution is 5.60. The summed E-state index contributed by atoms with van der Waals surface area (Å²) in [5.41, 5.74) is 3.39. The van der Waals surface area contributed by atoms with Crippen LogP contribution in [0.25, 0.3) is 0 Å². The number of nitriles is 2. The number of hydrogen-bond donors (Lipinski definition) is 1. The molecule has 0 aliphatic carbocycles. The normalized spacial score (nSPS) is 10.9. The fourth-order valence-electron chi connectivity index (χ4n) is 2.29. The number of nitrogens with zero attached hydrogens (tertiary/aromatic N) is 2. The largest absolute Gasteiger partial charge is 0.493 e. The van der Waals surface area contributed by atoms with Gasteiger partial charge in [-0.25, -0.2) is 0 Å². The molecule has 11 heteroatoms. The van der Waals surface area contributed by atoms with E-state index in [0.717, 1.165) is 24.3 Å². The number of nitrogens with two attached hydrogens (primary N) is 1. The molecule has 2 aromatic rings. The summed E-state index contributed by atoms with van der Waals surface area (Å²) in [6.45, 7) is 3.34. The van der Waals surface area contributed by atoms with E-state index >= 15 is 0 Å². The highest BCUT2D eigenvalue weighted by Gasteiger charge is 2.35. The average Bonchev–Trinajstić information content (AvgIpc) is 2.68. The van der Waals surface area contributed by atoms with Crippen LogP contribution in [0.3, 0.4) is 0 Å². The molecule has 2 N–H and O–H groups in total. The molecule has 0 fully saturated rings. The van der Waals surface area contributed by atoms with Crippen molar-refractivity contribution >= 4 is 5.69 Å². The number of anilines is 1. The number of ether oxygens (including phenoxy) is 2. The smallest absolute Gasteiger partial charge is 0.420 e. The van der Waals surface area contributed by atoms with Crippen molar-refractivity contribution < 1.29 is 35.8 Å². The number of benzene rings is 2. The molecule has 5 nitrogen and oxygen atoms in total. The van der Waals surface area contributed by atoms with Crippen molar-refractivity contribution in [1.82, 2.24) is 0 Å². The van der Waals surface area contributed by atoms with E-state index in [1.54, 1.807) is 26.0 Å². The summed E-state index contributed by atoms with van der Waals surface area (Å²) in [5.74, 6) is -0.676. The summed E-state index contributed by atoms with van der Waals surface area (Å²) in [6, 6.07) is 8.23. The summed E-state index contributed by atoms with van der Waals surface area (Å²) in [4.78, 5) is 0. The van der Waals surface area contributed by atoms with Gasteiger partial charge < -0.3 is 15.2 Å². The van der Waals surface area contributed by atoms with Gasteiger partial charge in [-0.05, 0) is 38.1 Å². The van der Waals surface area contributed by atoms with E-state index < -0.39 is 23.5 Å². The molecule has 0 saturated carbocycles. The highest BCUT2D eigenvalue weighted by atomic mass is 19.4. The van der Waals surface area contributed by atoms with Crippen LogP contribution in [0.5, 0.6) is 11.5 Å². The molecule has 0 spiro atoms. The van der Waals surface area contributed by atoms with Crippen molar-refractivity contribution in [2.24, 2.45) is 0 Å². The molecule has 0 unspecified atom stereocenters. The van der Waals surface area contributed by atoms with Crippen LogP contribution in [0.1, 0.15) is 36.1 Å². The van der Waals surface area contributed by atoms with Crippen LogP contribution >= 0.6 is 0 Å². The molecule has 0 amide bonds. The topological polar surface area (TPSA) is 92.1 Å². The Morgan fingerprint density at radius 2 is 1.32 bits per heavy atom. The van der Waals surface area contributed by atoms with Gasteiger partial charge in [-0.3, -0.25) is 0 Å². The Morgan fingerprint density at radius 3 is 1.74 bits per heavy atom. The van der Waals surface area contributed by atoms with Gasteiger partial charge in [0.1, 0.15) is 17.6 Å². The number of halogens is 6. The maximum Gasteiger partial charge on any atom is 0.420 e. The van der Waals surface area contributed by atoms with Gasteiger partial charge in [0.25, 0.3) is 0 Å². The first kappa shape index (κ1) is 25.4. The van der Waals surface area contributed by atoms with Crippen LogP contribution in [0.4, 0.5) is 32.0 Å². The molecular weight excluding hydrogens is 428 g/mol. The van der Waals surface area contributed by atoms with Gasteiger partial charge >= 0.3 is 12.4 Å². The molecule has 0 aliphatic heterocycles. The minimum Gasteiger partial charge on any atom is -0.493 e. The Balaban J connectivity index is 0.000000311. The summed E-state index contributed by atoms with van der Waals surface area (Å²) in [7, 11) is 0. The molecule has 0 radical (unpaired) electrons. The second-order valence-corrected chi connectivity index (χ2v) is 5.73. The minimum absolute atomic E-state index is 0.0311. The Morgan fingerprint density at radius 1 is 0.806 bits per heavy atom. The van der Waals surface area contributed by atoms with E-state index in [9.17, 15) is 26.3 Å². The zero-order valence-electron chi connectivity index (χ0n) is 16.4. The molecule has 0 aliphatic rings. The Bertz CT molecular complexity index is 989. The van der Waals surface area contributed by atoms with Crippen LogP contribution in [0.2, 0.25) is 0 Å². The summed E-state index contributed by atoms with van der Waals surface area (Å²) in [5, 5.41) is 17.2. The van der Waals surface area contributed by atoms with E-state index in [4.69, 9.17) is 25.7 Å². The zero-order chi connectivity index (χ0) is 23.8. The lowest BCUT2D eigenvalue weighted by atomic mass is 10.1. The van der Waals surface area contributed by atoms with Crippen LogP contribution in [0.15, 0.2) is 30.3 Å². The summed E-state index contributed by atoms with van der Waals surface area (Å²) in [6.07, 6.45) is -9.01. The van der Waals surface area contributed by atoms with Crippen molar-refractivity contribution in [3.63, 3.8) is 0 Å². The summed E-state index contributed by atoms with van der Waals surface area (Å²) >= 11 is 0. The predicted octanol–water partition coefficient (Wildman–Crippen LogP) is 5.53. The average molecular weight is 445 g/mol. The Labute approximate surface area is 174 Å². The second-order valence-electron chi connectivity index (χ2n) is 5.73. The van der Waals surface area contributed by atoms with E-state index in [2.05, 4.69) is 0 Å². The molecule has 0 heterocycles. The fourth-order valence-corrected chi connectivity index (χ4v) is 2.29. The predicted molar refractivity (Wildman–Crippen MR) is 99.1 cm³/mol. The van der Waals surface area contributed by atoms with Crippen molar-refractivity contribution in [3.05, 3.63) is 52.6 Å². The Hall–Kier alpha value is -3.60. The van der Waals surface area contributed by atoms with Crippen molar-refractivity contribution in [3.8, 4) is 23.6 Å². The van der Waals surface area contributed by atoms with Gasteiger partial charge in [0.2, 0.25) is 0 Å². The van der Waals surface area contributed by atoms with Crippen LogP contribution in [-0.4, -0.2) is 13.2 Å². The van der Waals surface area contributed by atoms with Crippen LogP contribution in [-0.2, 0) is 12.4 Å². The first-order valence-corrected chi connectivity index (χ1v) is 8.66. The molecule has 166 valence electrons. The second kappa shape index (κ2) is 10.4. The number of hydrogen-bond acceptors (Lipinski definition) is 5. The monoisotopic (exact) mass is 445 g/mol. The molecule has 31 heavy (non-hydrogen) atoms. The molecule has 2 aromatic carbocycles. The minimum atomic E-state index is -4.55. The first-order chi connectivity index (χ1) is 14.4. The van der Waals surface area contributed by atoms with E-state index in [1.807, 2.05) is 0 Å². The maximum atomic E-state index is 12.6. The molecule has 0 bridgehead atoms. The van der Waals surface area contributed by atoms with Gasteiger partial charge in [-0.1, -0.05) is 0 Å². The number of nitrogen functional groups attached to an aromatic ring is 1.